The Hall–Kier alpha value is -1.58. The van der Waals surface area contributed by atoms with Gasteiger partial charge in [0.05, 0.1) is 0 Å². The smallest absolute Gasteiger partial charge is 0.371 e. The number of carboxylic acid groups (broad SMARTS) is 1. The number of carbonyl (C=O) groups is 2. The third-order valence-corrected chi connectivity index (χ3v) is 4.34. The van der Waals surface area contributed by atoms with Crippen LogP contribution in [0.5, 0.6) is 0 Å². The van der Waals surface area contributed by atoms with E-state index in [1.165, 1.54) is 12.1 Å². The van der Waals surface area contributed by atoms with Crippen molar-refractivity contribution in [2.75, 3.05) is 0 Å². The molecule has 1 aromatic heterocycles. The number of hydrogen-bond acceptors (Lipinski definition) is 3. The van der Waals surface area contributed by atoms with E-state index in [0.29, 0.717) is 0 Å². The van der Waals surface area contributed by atoms with Crippen molar-refractivity contribution in [2.45, 2.75) is 27.7 Å². The standard InChI is InChI=1S/C13H16O4/c1-12(2)10(13(12,3)4)9(14)7-5-6-8(17-7)11(15)16/h5-6,10H,1-4H3,(H,15,16). The Morgan fingerprint density at radius 3 is 1.94 bits per heavy atom. The van der Waals surface area contributed by atoms with E-state index >= 15 is 0 Å². The lowest BCUT2D eigenvalue weighted by Gasteiger charge is -2.03. The predicted molar refractivity (Wildman–Crippen MR) is 61.0 cm³/mol. The quantitative estimate of drug-likeness (QED) is 0.819. The molecule has 0 atom stereocenters. The zero-order valence-corrected chi connectivity index (χ0v) is 10.4. The minimum absolute atomic E-state index is 0.0692. The molecule has 1 heterocycles. The molecular weight excluding hydrogens is 220 g/mol. The molecule has 1 aromatic rings. The number of Topliss-reactive ketones (excluding diaryl/α,β-unsaturated/α-hetero) is 1. The van der Waals surface area contributed by atoms with Crippen molar-refractivity contribution in [3.05, 3.63) is 23.7 Å². The van der Waals surface area contributed by atoms with Gasteiger partial charge < -0.3 is 9.52 Å². The van der Waals surface area contributed by atoms with Gasteiger partial charge in [-0.25, -0.2) is 4.79 Å². The Morgan fingerprint density at radius 1 is 1.12 bits per heavy atom. The lowest BCUT2D eigenvalue weighted by molar-refractivity contribution is 0.0659. The molecule has 0 amide bonds. The van der Waals surface area contributed by atoms with Gasteiger partial charge in [-0.2, -0.15) is 0 Å². The van der Waals surface area contributed by atoms with Gasteiger partial charge >= 0.3 is 5.97 Å². The zero-order valence-electron chi connectivity index (χ0n) is 10.4. The van der Waals surface area contributed by atoms with Crippen LogP contribution in [0.25, 0.3) is 0 Å². The molecule has 2 rings (SSSR count). The number of rotatable bonds is 3. The number of hydrogen-bond donors (Lipinski definition) is 1. The van der Waals surface area contributed by atoms with Gasteiger partial charge in [0.15, 0.2) is 5.76 Å². The van der Waals surface area contributed by atoms with Gasteiger partial charge in [-0.1, -0.05) is 27.7 Å². The molecule has 0 spiro atoms. The molecule has 1 aliphatic rings. The molecule has 0 aliphatic heterocycles. The Kier molecular flexibility index (Phi) is 2.25. The number of carboxylic acids is 1. The molecule has 0 radical (unpaired) electrons. The fourth-order valence-corrected chi connectivity index (χ4v) is 2.58. The Morgan fingerprint density at radius 2 is 1.59 bits per heavy atom. The number of carbonyl (C=O) groups excluding carboxylic acids is 1. The summed E-state index contributed by atoms with van der Waals surface area (Å²) in [4.78, 5) is 22.9. The Balaban J connectivity index is 2.25. The summed E-state index contributed by atoms with van der Waals surface area (Å²) in [7, 11) is 0. The van der Waals surface area contributed by atoms with Gasteiger partial charge in [0.2, 0.25) is 11.5 Å². The normalized spacial score (nSPS) is 21.2. The highest BCUT2D eigenvalue weighted by Crippen LogP contribution is 2.69. The molecule has 0 saturated heterocycles. The monoisotopic (exact) mass is 236 g/mol. The average molecular weight is 236 g/mol. The van der Waals surface area contributed by atoms with Crippen LogP contribution in [0, 0.1) is 16.7 Å². The van der Waals surface area contributed by atoms with Crippen LogP contribution in [-0.2, 0) is 0 Å². The highest BCUT2D eigenvalue weighted by molar-refractivity contribution is 5.99. The van der Waals surface area contributed by atoms with E-state index in [9.17, 15) is 9.59 Å². The van der Waals surface area contributed by atoms with E-state index in [1.807, 2.05) is 27.7 Å². The third-order valence-electron chi connectivity index (χ3n) is 4.34. The van der Waals surface area contributed by atoms with Gasteiger partial charge in [-0.05, 0) is 23.0 Å². The van der Waals surface area contributed by atoms with Crippen LogP contribution >= 0.6 is 0 Å². The first-order chi connectivity index (χ1) is 7.69. The van der Waals surface area contributed by atoms with Crippen molar-refractivity contribution in [2.24, 2.45) is 16.7 Å². The van der Waals surface area contributed by atoms with E-state index in [2.05, 4.69) is 0 Å². The highest BCUT2D eigenvalue weighted by atomic mass is 16.4. The number of furan rings is 1. The summed E-state index contributed by atoms with van der Waals surface area (Å²) in [5.74, 6) is -1.41. The molecule has 1 N–H and O–H groups in total. The van der Waals surface area contributed by atoms with Crippen molar-refractivity contribution in [1.82, 2.24) is 0 Å². The maximum atomic E-state index is 12.2. The van der Waals surface area contributed by atoms with E-state index in [4.69, 9.17) is 9.52 Å². The van der Waals surface area contributed by atoms with Gasteiger partial charge in [0, 0.05) is 5.92 Å². The molecule has 0 bridgehead atoms. The van der Waals surface area contributed by atoms with Crippen molar-refractivity contribution in [1.29, 1.82) is 0 Å². The number of ketones is 1. The van der Waals surface area contributed by atoms with Crippen molar-refractivity contribution < 1.29 is 19.1 Å². The molecule has 1 fully saturated rings. The van der Waals surface area contributed by atoms with Crippen LogP contribution in [0.1, 0.15) is 48.8 Å². The molecule has 92 valence electrons. The van der Waals surface area contributed by atoms with Crippen LogP contribution < -0.4 is 0 Å². The van der Waals surface area contributed by atoms with E-state index in [-0.39, 0.29) is 34.1 Å². The molecular formula is C13H16O4. The molecule has 0 aromatic carbocycles. The Bertz CT molecular complexity index is 479. The topological polar surface area (TPSA) is 67.5 Å². The maximum Gasteiger partial charge on any atom is 0.371 e. The fourth-order valence-electron chi connectivity index (χ4n) is 2.58. The molecule has 4 nitrogen and oxygen atoms in total. The summed E-state index contributed by atoms with van der Waals surface area (Å²) in [6.07, 6.45) is 0. The first kappa shape index (κ1) is 11.9. The minimum atomic E-state index is -1.15. The molecule has 1 saturated carbocycles. The third kappa shape index (κ3) is 1.51. The van der Waals surface area contributed by atoms with E-state index < -0.39 is 5.97 Å². The number of aromatic carboxylic acids is 1. The second kappa shape index (κ2) is 3.22. The molecule has 4 heteroatoms. The van der Waals surface area contributed by atoms with Crippen LogP contribution in [0.15, 0.2) is 16.5 Å². The first-order valence-corrected chi connectivity index (χ1v) is 5.57. The average Bonchev–Trinajstić information content (AvgIpc) is 2.57. The van der Waals surface area contributed by atoms with Gasteiger partial charge in [0.1, 0.15) is 0 Å². The second-order valence-corrected chi connectivity index (χ2v) is 5.71. The molecule has 17 heavy (non-hydrogen) atoms. The summed E-state index contributed by atoms with van der Waals surface area (Å²) in [6, 6.07) is 2.76. The summed E-state index contributed by atoms with van der Waals surface area (Å²) >= 11 is 0. The predicted octanol–water partition coefficient (Wildman–Crippen LogP) is 2.84. The molecule has 1 aliphatic carbocycles. The second-order valence-electron chi connectivity index (χ2n) is 5.71. The summed E-state index contributed by atoms with van der Waals surface area (Å²) in [6.45, 7) is 8.15. The maximum absolute atomic E-state index is 12.2. The molecule has 0 unspecified atom stereocenters. The van der Waals surface area contributed by atoms with Crippen LogP contribution in [0.4, 0.5) is 0 Å². The summed E-state index contributed by atoms with van der Waals surface area (Å²) < 4.78 is 5.05. The van der Waals surface area contributed by atoms with Crippen molar-refractivity contribution >= 4 is 11.8 Å². The van der Waals surface area contributed by atoms with Gasteiger partial charge in [-0.3, -0.25) is 4.79 Å². The summed E-state index contributed by atoms with van der Waals surface area (Å²) in [5, 5.41) is 8.73. The fraction of sp³-hybridized carbons (Fsp3) is 0.538. The van der Waals surface area contributed by atoms with Crippen LogP contribution in [-0.4, -0.2) is 16.9 Å². The van der Waals surface area contributed by atoms with Gasteiger partial charge in [0.25, 0.3) is 0 Å². The lowest BCUT2D eigenvalue weighted by atomic mass is 10.0. The van der Waals surface area contributed by atoms with Crippen LogP contribution in [0.2, 0.25) is 0 Å². The Labute approximate surface area is 99.6 Å². The zero-order chi connectivity index (χ0) is 13.0. The summed E-state index contributed by atoms with van der Waals surface area (Å²) in [5.41, 5.74) is -0.138. The highest BCUT2D eigenvalue weighted by Gasteiger charge is 2.68. The van der Waals surface area contributed by atoms with Crippen molar-refractivity contribution in [3.63, 3.8) is 0 Å². The lowest BCUT2D eigenvalue weighted by Crippen LogP contribution is -2.06. The van der Waals surface area contributed by atoms with E-state index in [1.54, 1.807) is 0 Å². The van der Waals surface area contributed by atoms with Crippen molar-refractivity contribution in [3.8, 4) is 0 Å². The minimum Gasteiger partial charge on any atom is -0.475 e. The first-order valence-electron chi connectivity index (χ1n) is 5.57. The SMILES string of the molecule is CC1(C)C(C(=O)c2ccc(C(=O)O)o2)C1(C)C. The van der Waals surface area contributed by atoms with E-state index in [0.717, 1.165) is 0 Å². The largest absolute Gasteiger partial charge is 0.475 e. The van der Waals surface area contributed by atoms with Gasteiger partial charge in [-0.15, -0.1) is 0 Å². The van der Waals surface area contributed by atoms with Crippen LogP contribution in [0.3, 0.4) is 0 Å².